The molecule has 128 valence electrons. The van der Waals surface area contributed by atoms with E-state index in [0.717, 1.165) is 12.1 Å². The van der Waals surface area contributed by atoms with Crippen LogP contribution in [0.5, 0.6) is 0 Å². The highest BCUT2D eigenvalue weighted by atomic mass is 16.4. The third kappa shape index (κ3) is 3.92. The van der Waals surface area contributed by atoms with Crippen LogP contribution in [0.3, 0.4) is 0 Å². The van der Waals surface area contributed by atoms with E-state index >= 15 is 0 Å². The van der Waals surface area contributed by atoms with E-state index in [2.05, 4.69) is 0 Å². The standard InChI is InChI=1S/C16H24N2O5/c1-3-17(7-8-19)10-12-9-14(23-11(12)2)15(20)18-6-4-5-13(18)16(21)22/h9,13,19H,3-8,10H2,1-2H3,(H,21,22). The fraction of sp³-hybridized carbons (Fsp3) is 0.625. The first-order chi connectivity index (χ1) is 11.0. The number of aliphatic carboxylic acids is 1. The van der Waals surface area contributed by atoms with E-state index in [-0.39, 0.29) is 18.3 Å². The molecule has 0 bridgehead atoms. The summed E-state index contributed by atoms with van der Waals surface area (Å²) >= 11 is 0. The second-order valence-electron chi connectivity index (χ2n) is 5.78. The van der Waals surface area contributed by atoms with Gasteiger partial charge in [-0.15, -0.1) is 0 Å². The lowest BCUT2D eigenvalue weighted by atomic mass is 10.2. The number of aryl methyl sites for hydroxylation is 1. The minimum Gasteiger partial charge on any atom is -0.480 e. The van der Waals surface area contributed by atoms with Gasteiger partial charge in [0.25, 0.3) is 5.91 Å². The number of amides is 1. The van der Waals surface area contributed by atoms with Crippen molar-refractivity contribution in [1.82, 2.24) is 9.80 Å². The topological polar surface area (TPSA) is 94.2 Å². The molecule has 1 amide bonds. The third-order valence-corrected chi connectivity index (χ3v) is 4.29. The summed E-state index contributed by atoms with van der Waals surface area (Å²) in [5.41, 5.74) is 0.884. The first kappa shape index (κ1) is 17.5. The number of furan rings is 1. The normalized spacial score (nSPS) is 17.9. The van der Waals surface area contributed by atoms with Crippen molar-refractivity contribution in [3.05, 3.63) is 23.2 Å². The Kier molecular flexibility index (Phi) is 5.79. The zero-order valence-corrected chi connectivity index (χ0v) is 13.6. The van der Waals surface area contributed by atoms with Gasteiger partial charge in [-0.2, -0.15) is 0 Å². The van der Waals surface area contributed by atoms with E-state index in [0.29, 0.717) is 38.2 Å². The minimum absolute atomic E-state index is 0.0740. The van der Waals surface area contributed by atoms with Crippen LogP contribution in [0.2, 0.25) is 0 Å². The van der Waals surface area contributed by atoms with Crippen molar-refractivity contribution in [3.8, 4) is 0 Å². The van der Waals surface area contributed by atoms with E-state index in [1.54, 1.807) is 13.0 Å². The molecule has 2 heterocycles. The molecule has 1 aliphatic rings. The number of carbonyl (C=O) groups excluding carboxylic acids is 1. The monoisotopic (exact) mass is 324 g/mol. The molecule has 1 saturated heterocycles. The molecule has 1 atom stereocenters. The van der Waals surface area contributed by atoms with Crippen molar-refractivity contribution in [2.45, 2.75) is 39.3 Å². The largest absolute Gasteiger partial charge is 0.480 e. The number of hydrogen-bond donors (Lipinski definition) is 2. The number of likely N-dealkylation sites (tertiary alicyclic amines) is 1. The summed E-state index contributed by atoms with van der Waals surface area (Å²) in [5.74, 6) is -0.504. The Balaban J connectivity index is 2.13. The second-order valence-corrected chi connectivity index (χ2v) is 5.78. The Hall–Kier alpha value is -1.86. The maximum absolute atomic E-state index is 12.5. The molecule has 0 saturated carbocycles. The number of rotatable bonds is 7. The Labute approximate surface area is 135 Å². The lowest BCUT2D eigenvalue weighted by molar-refractivity contribution is -0.141. The van der Waals surface area contributed by atoms with Gasteiger partial charge in [0.1, 0.15) is 11.8 Å². The molecule has 0 aliphatic carbocycles. The van der Waals surface area contributed by atoms with Crippen molar-refractivity contribution in [2.24, 2.45) is 0 Å². The molecular formula is C16H24N2O5. The Morgan fingerprint density at radius 2 is 2.22 bits per heavy atom. The summed E-state index contributed by atoms with van der Waals surface area (Å²) in [6.07, 6.45) is 1.17. The molecule has 2 rings (SSSR count). The van der Waals surface area contributed by atoms with Gasteiger partial charge in [0, 0.05) is 25.2 Å². The molecule has 1 aromatic rings. The summed E-state index contributed by atoms with van der Waals surface area (Å²) in [7, 11) is 0. The lowest BCUT2D eigenvalue weighted by Gasteiger charge is -2.20. The number of aliphatic hydroxyl groups excluding tert-OH is 1. The van der Waals surface area contributed by atoms with E-state index < -0.39 is 12.0 Å². The predicted molar refractivity (Wildman–Crippen MR) is 83.2 cm³/mol. The van der Waals surface area contributed by atoms with Gasteiger partial charge >= 0.3 is 5.97 Å². The van der Waals surface area contributed by atoms with Gasteiger partial charge in [-0.25, -0.2) is 4.79 Å². The van der Waals surface area contributed by atoms with E-state index in [1.807, 2.05) is 11.8 Å². The molecule has 1 aromatic heterocycles. The highest BCUT2D eigenvalue weighted by Crippen LogP contribution is 2.23. The number of carboxylic acid groups (broad SMARTS) is 1. The molecule has 0 radical (unpaired) electrons. The molecule has 1 aliphatic heterocycles. The molecule has 23 heavy (non-hydrogen) atoms. The van der Waals surface area contributed by atoms with Gasteiger partial charge in [0.15, 0.2) is 5.76 Å². The molecule has 0 spiro atoms. The Morgan fingerprint density at radius 3 is 2.83 bits per heavy atom. The SMILES string of the molecule is CCN(CCO)Cc1cc(C(=O)N2CCCC2C(=O)O)oc1C. The summed E-state index contributed by atoms with van der Waals surface area (Å²) in [4.78, 5) is 27.2. The highest BCUT2D eigenvalue weighted by Gasteiger charge is 2.35. The maximum Gasteiger partial charge on any atom is 0.326 e. The summed E-state index contributed by atoms with van der Waals surface area (Å²) < 4.78 is 5.57. The molecule has 7 nitrogen and oxygen atoms in total. The van der Waals surface area contributed by atoms with Gasteiger partial charge in [-0.3, -0.25) is 9.69 Å². The number of aliphatic hydroxyl groups is 1. The quantitative estimate of drug-likeness (QED) is 0.780. The molecule has 1 unspecified atom stereocenters. The van der Waals surface area contributed by atoms with Crippen molar-refractivity contribution >= 4 is 11.9 Å². The van der Waals surface area contributed by atoms with Crippen LogP contribution in [-0.4, -0.2) is 64.2 Å². The first-order valence-corrected chi connectivity index (χ1v) is 7.94. The Bertz CT molecular complexity index is 569. The van der Waals surface area contributed by atoms with Crippen molar-refractivity contribution < 1.29 is 24.2 Å². The van der Waals surface area contributed by atoms with E-state index in [1.165, 1.54) is 4.90 Å². The van der Waals surface area contributed by atoms with Crippen LogP contribution >= 0.6 is 0 Å². The van der Waals surface area contributed by atoms with Crippen LogP contribution < -0.4 is 0 Å². The number of carbonyl (C=O) groups is 2. The fourth-order valence-corrected chi connectivity index (χ4v) is 2.92. The molecule has 7 heteroatoms. The zero-order chi connectivity index (χ0) is 17.0. The summed E-state index contributed by atoms with van der Waals surface area (Å²) in [6, 6.07) is 0.924. The van der Waals surface area contributed by atoms with Crippen LogP contribution in [0.1, 0.15) is 41.6 Å². The number of carboxylic acids is 1. The third-order valence-electron chi connectivity index (χ3n) is 4.29. The van der Waals surface area contributed by atoms with Crippen molar-refractivity contribution in [1.29, 1.82) is 0 Å². The van der Waals surface area contributed by atoms with Gasteiger partial charge < -0.3 is 19.5 Å². The molecule has 1 fully saturated rings. The zero-order valence-electron chi connectivity index (χ0n) is 13.6. The molecule has 0 aromatic carbocycles. The highest BCUT2D eigenvalue weighted by molar-refractivity contribution is 5.95. The fourth-order valence-electron chi connectivity index (χ4n) is 2.92. The van der Waals surface area contributed by atoms with E-state index in [9.17, 15) is 14.7 Å². The average molecular weight is 324 g/mol. The van der Waals surface area contributed by atoms with Crippen LogP contribution in [0.4, 0.5) is 0 Å². The lowest BCUT2D eigenvalue weighted by Crippen LogP contribution is -2.40. The minimum atomic E-state index is -0.973. The number of hydrogen-bond acceptors (Lipinski definition) is 5. The van der Waals surface area contributed by atoms with Gasteiger partial charge in [-0.1, -0.05) is 6.92 Å². The van der Waals surface area contributed by atoms with Gasteiger partial charge in [0.05, 0.1) is 6.61 Å². The van der Waals surface area contributed by atoms with Crippen molar-refractivity contribution in [2.75, 3.05) is 26.2 Å². The summed E-state index contributed by atoms with van der Waals surface area (Å²) in [5, 5.41) is 18.2. The van der Waals surface area contributed by atoms with Gasteiger partial charge in [0.2, 0.25) is 0 Å². The smallest absolute Gasteiger partial charge is 0.326 e. The predicted octanol–water partition coefficient (Wildman–Crippen LogP) is 1.09. The van der Waals surface area contributed by atoms with Crippen LogP contribution in [0.25, 0.3) is 0 Å². The Morgan fingerprint density at radius 1 is 1.48 bits per heavy atom. The first-order valence-electron chi connectivity index (χ1n) is 7.94. The molecule has 2 N–H and O–H groups in total. The van der Waals surface area contributed by atoms with Crippen LogP contribution in [0, 0.1) is 6.92 Å². The number of likely N-dealkylation sites (N-methyl/N-ethyl adjacent to an activating group) is 1. The summed E-state index contributed by atoms with van der Waals surface area (Å²) in [6.45, 7) is 6.22. The van der Waals surface area contributed by atoms with Gasteiger partial charge in [-0.05, 0) is 32.4 Å². The maximum atomic E-state index is 12.5. The second kappa shape index (κ2) is 7.61. The van der Waals surface area contributed by atoms with E-state index in [4.69, 9.17) is 9.52 Å². The average Bonchev–Trinajstić information content (AvgIpc) is 3.13. The molecular weight excluding hydrogens is 300 g/mol. The number of nitrogens with zero attached hydrogens (tertiary/aromatic N) is 2. The van der Waals surface area contributed by atoms with Crippen LogP contribution in [0.15, 0.2) is 10.5 Å². The van der Waals surface area contributed by atoms with Crippen LogP contribution in [-0.2, 0) is 11.3 Å². The van der Waals surface area contributed by atoms with Crippen molar-refractivity contribution in [3.63, 3.8) is 0 Å².